The average molecular weight is 174 g/mol. The van der Waals surface area contributed by atoms with Gasteiger partial charge in [0.25, 0.3) is 0 Å². The van der Waals surface area contributed by atoms with Gasteiger partial charge in [-0.3, -0.25) is 4.99 Å². The molecule has 0 saturated heterocycles. The van der Waals surface area contributed by atoms with E-state index in [1.807, 2.05) is 13.0 Å². The fourth-order valence-corrected chi connectivity index (χ4v) is 1.78. The van der Waals surface area contributed by atoms with Crippen molar-refractivity contribution in [1.29, 1.82) is 0 Å². The molecule has 1 aromatic rings. The van der Waals surface area contributed by atoms with Crippen molar-refractivity contribution in [2.75, 3.05) is 0 Å². The van der Waals surface area contributed by atoms with Crippen LogP contribution in [0.1, 0.15) is 25.5 Å². The minimum Gasteiger partial charge on any atom is -0.369 e. The van der Waals surface area contributed by atoms with Crippen LogP contribution in [0.3, 0.4) is 0 Å². The van der Waals surface area contributed by atoms with Crippen molar-refractivity contribution in [3.05, 3.63) is 35.9 Å². The molecular formula is C11H14N2. The Hall–Kier alpha value is -1.31. The fraction of sp³-hybridized carbons (Fsp3) is 0.364. The third-order valence-electron chi connectivity index (χ3n) is 2.38. The lowest BCUT2D eigenvalue weighted by molar-refractivity contribution is 0.588. The van der Waals surface area contributed by atoms with E-state index < -0.39 is 0 Å². The first-order chi connectivity index (χ1) is 6.27. The molecule has 0 aromatic heterocycles. The Morgan fingerprint density at radius 1 is 1.23 bits per heavy atom. The largest absolute Gasteiger partial charge is 0.369 e. The van der Waals surface area contributed by atoms with Crippen molar-refractivity contribution in [2.45, 2.75) is 25.9 Å². The summed E-state index contributed by atoms with van der Waals surface area (Å²) in [6, 6.07) is 11.1. The van der Waals surface area contributed by atoms with Gasteiger partial charge >= 0.3 is 0 Å². The van der Waals surface area contributed by atoms with Crippen LogP contribution in [-0.2, 0) is 0 Å². The number of hydrogen-bond donors (Lipinski definition) is 1. The molecule has 0 bridgehead atoms. The zero-order valence-electron chi connectivity index (χ0n) is 7.99. The first-order valence-electron chi connectivity index (χ1n) is 4.63. The molecule has 2 heteroatoms. The molecule has 1 N–H and O–H groups in total. The predicted molar refractivity (Wildman–Crippen MR) is 54.9 cm³/mol. The molecule has 0 unspecified atom stereocenters. The van der Waals surface area contributed by atoms with Gasteiger partial charge in [0.1, 0.15) is 0 Å². The number of nitrogens with zero attached hydrogens (tertiary/aromatic N) is 1. The molecule has 2 rings (SSSR count). The number of nitrogens with one attached hydrogen (secondary N) is 1. The van der Waals surface area contributed by atoms with Gasteiger partial charge in [-0.1, -0.05) is 30.3 Å². The van der Waals surface area contributed by atoms with Gasteiger partial charge in [-0.2, -0.15) is 0 Å². The molecule has 0 saturated carbocycles. The summed E-state index contributed by atoms with van der Waals surface area (Å²) in [6.07, 6.45) is 0. The maximum absolute atomic E-state index is 4.55. The molecular weight excluding hydrogens is 160 g/mol. The number of amidine groups is 1. The van der Waals surface area contributed by atoms with Gasteiger partial charge in [0.05, 0.1) is 17.9 Å². The Morgan fingerprint density at radius 2 is 1.92 bits per heavy atom. The topological polar surface area (TPSA) is 24.4 Å². The Labute approximate surface area is 78.7 Å². The van der Waals surface area contributed by atoms with E-state index in [1.54, 1.807) is 0 Å². The van der Waals surface area contributed by atoms with E-state index in [0.717, 1.165) is 5.84 Å². The van der Waals surface area contributed by atoms with Crippen molar-refractivity contribution in [3.63, 3.8) is 0 Å². The summed E-state index contributed by atoms with van der Waals surface area (Å²) >= 11 is 0. The molecule has 0 radical (unpaired) electrons. The maximum atomic E-state index is 4.55. The number of benzene rings is 1. The standard InChI is InChI=1S/C11H14N2/c1-8-11(13-9(2)12-8)10-6-4-3-5-7-10/h3-8,11H,1-2H3,(H,12,13)/t8-,11+/m1/s1. The summed E-state index contributed by atoms with van der Waals surface area (Å²) in [5.41, 5.74) is 1.29. The highest BCUT2D eigenvalue weighted by atomic mass is 15.1. The lowest BCUT2D eigenvalue weighted by Crippen LogP contribution is -2.26. The lowest BCUT2D eigenvalue weighted by atomic mass is 10.0. The SMILES string of the molecule is CC1=N[C@H](c2ccccc2)[C@@H](C)N1. The lowest BCUT2D eigenvalue weighted by Gasteiger charge is -2.13. The smallest absolute Gasteiger partial charge is 0.0967 e. The molecule has 0 fully saturated rings. The van der Waals surface area contributed by atoms with E-state index in [9.17, 15) is 0 Å². The summed E-state index contributed by atoms with van der Waals surface area (Å²) in [5, 5.41) is 3.32. The number of aliphatic imine (C=N–C) groups is 1. The molecule has 1 heterocycles. The highest BCUT2D eigenvalue weighted by Crippen LogP contribution is 2.24. The van der Waals surface area contributed by atoms with E-state index in [0.29, 0.717) is 12.1 Å². The van der Waals surface area contributed by atoms with Gasteiger partial charge in [0, 0.05) is 0 Å². The van der Waals surface area contributed by atoms with Crippen LogP contribution in [-0.4, -0.2) is 11.9 Å². The zero-order valence-corrected chi connectivity index (χ0v) is 7.99. The van der Waals surface area contributed by atoms with E-state index >= 15 is 0 Å². The second-order valence-electron chi connectivity index (χ2n) is 3.50. The van der Waals surface area contributed by atoms with Crippen LogP contribution in [0, 0.1) is 0 Å². The van der Waals surface area contributed by atoms with E-state index in [2.05, 4.69) is 41.5 Å². The van der Waals surface area contributed by atoms with E-state index in [4.69, 9.17) is 0 Å². The molecule has 0 spiro atoms. The third-order valence-corrected chi connectivity index (χ3v) is 2.38. The van der Waals surface area contributed by atoms with Crippen LogP contribution in [0.4, 0.5) is 0 Å². The quantitative estimate of drug-likeness (QED) is 0.693. The molecule has 1 aliphatic rings. The Morgan fingerprint density at radius 3 is 2.46 bits per heavy atom. The molecule has 2 nitrogen and oxygen atoms in total. The van der Waals surface area contributed by atoms with Gasteiger partial charge in [-0.15, -0.1) is 0 Å². The van der Waals surface area contributed by atoms with Gasteiger partial charge < -0.3 is 5.32 Å². The second-order valence-corrected chi connectivity index (χ2v) is 3.50. The van der Waals surface area contributed by atoms with Crippen molar-refractivity contribution in [3.8, 4) is 0 Å². The summed E-state index contributed by atoms with van der Waals surface area (Å²) < 4.78 is 0. The minimum atomic E-state index is 0.293. The minimum absolute atomic E-state index is 0.293. The second kappa shape index (κ2) is 3.21. The van der Waals surface area contributed by atoms with Crippen molar-refractivity contribution in [1.82, 2.24) is 5.32 Å². The monoisotopic (exact) mass is 174 g/mol. The normalized spacial score (nSPS) is 26.8. The van der Waals surface area contributed by atoms with Gasteiger partial charge in [0.15, 0.2) is 0 Å². The highest BCUT2D eigenvalue weighted by molar-refractivity contribution is 5.82. The molecule has 13 heavy (non-hydrogen) atoms. The Kier molecular flexibility index (Phi) is 2.05. The van der Waals surface area contributed by atoms with Crippen molar-refractivity contribution >= 4 is 5.84 Å². The molecule has 1 aromatic carbocycles. The van der Waals surface area contributed by atoms with Crippen LogP contribution in [0.5, 0.6) is 0 Å². The molecule has 0 aliphatic carbocycles. The molecule has 2 atom stereocenters. The summed E-state index contributed by atoms with van der Waals surface area (Å²) in [6.45, 7) is 4.18. The first kappa shape index (κ1) is 8.30. The predicted octanol–water partition coefficient (Wildman–Crippen LogP) is 2.14. The highest BCUT2D eigenvalue weighted by Gasteiger charge is 2.23. The van der Waals surface area contributed by atoms with Crippen molar-refractivity contribution < 1.29 is 0 Å². The number of hydrogen-bond acceptors (Lipinski definition) is 2. The van der Waals surface area contributed by atoms with Crippen LogP contribution in [0.2, 0.25) is 0 Å². The summed E-state index contributed by atoms with van der Waals surface area (Å²) in [5.74, 6) is 1.04. The fourth-order valence-electron chi connectivity index (χ4n) is 1.78. The molecule has 0 amide bonds. The van der Waals surface area contributed by atoms with E-state index in [1.165, 1.54) is 5.56 Å². The van der Waals surface area contributed by atoms with Gasteiger partial charge in [-0.25, -0.2) is 0 Å². The van der Waals surface area contributed by atoms with Crippen LogP contribution in [0.15, 0.2) is 35.3 Å². The van der Waals surface area contributed by atoms with Gasteiger partial charge in [0.2, 0.25) is 0 Å². The zero-order chi connectivity index (χ0) is 9.26. The van der Waals surface area contributed by atoms with Crippen LogP contribution < -0.4 is 5.32 Å². The Bertz CT molecular complexity index is 316. The van der Waals surface area contributed by atoms with Crippen molar-refractivity contribution in [2.24, 2.45) is 4.99 Å². The average Bonchev–Trinajstić information content (AvgIpc) is 2.47. The maximum Gasteiger partial charge on any atom is 0.0967 e. The van der Waals surface area contributed by atoms with Crippen LogP contribution in [0.25, 0.3) is 0 Å². The summed E-state index contributed by atoms with van der Waals surface area (Å²) in [7, 11) is 0. The Balaban J connectivity index is 2.27. The molecule has 1 aliphatic heterocycles. The summed E-state index contributed by atoms with van der Waals surface area (Å²) in [4.78, 5) is 4.55. The van der Waals surface area contributed by atoms with Gasteiger partial charge in [-0.05, 0) is 19.4 Å². The number of rotatable bonds is 1. The van der Waals surface area contributed by atoms with E-state index in [-0.39, 0.29) is 0 Å². The van der Waals surface area contributed by atoms with Crippen LogP contribution >= 0.6 is 0 Å². The molecule has 68 valence electrons. The third kappa shape index (κ3) is 1.57. The first-order valence-corrected chi connectivity index (χ1v) is 4.63.